The first-order chi connectivity index (χ1) is 14.1. The van der Waals surface area contributed by atoms with Gasteiger partial charge in [0.1, 0.15) is 0 Å². The van der Waals surface area contributed by atoms with E-state index in [4.69, 9.17) is 9.47 Å². The fourth-order valence-electron chi connectivity index (χ4n) is 3.33. The van der Waals surface area contributed by atoms with Crippen LogP contribution in [0.1, 0.15) is 47.3 Å². The molecule has 3 aliphatic rings. The lowest BCUT2D eigenvalue weighted by atomic mass is 10.1. The first-order valence-corrected chi connectivity index (χ1v) is 10.2. The monoisotopic (exact) mass is 392 g/mol. The van der Waals surface area contributed by atoms with Crippen molar-refractivity contribution in [3.63, 3.8) is 0 Å². The number of carbonyl (C=O) groups excluding carboxylic acids is 1. The van der Waals surface area contributed by atoms with Gasteiger partial charge in [-0.05, 0) is 56.4 Å². The summed E-state index contributed by atoms with van der Waals surface area (Å²) < 4.78 is 13.1. The van der Waals surface area contributed by atoms with E-state index in [1.165, 1.54) is 25.7 Å². The molecule has 1 aromatic heterocycles. The molecule has 2 saturated carbocycles. The van der Waals surface area contributed by atoms with E-state index >= 15 is 0 Å². The number of rotatable bonds is 4. The summed E-state index contributed by atoms with van der Waals surface area (Å²) in [5, 5.41) is 10.9. The van der Waals surface area contributed by atoms with Gasteiger partial charge in [0, 0.05) is 22.6 Å². The Bertz CT molecular complexity index is 985. The molecule has 0 radical (unpaired) electrons. The fourth-order valence-corrected chi connectivity index (χ4v) is 3.33. The van der Waals surface area contributed by atoms with Crippen LogP contribution < -0.4 is 5.32 Å². The molecule has 0 atom stereocenters. The molecule has 29 heavy (non-hydrogen) atoms. The van der Waals surface area contributed by atoms with Gasteiger partial charge in [0.15, 0.2) is 12.0 Å². The molecule has 1 aliphatic heterocycles. The lowest BCUT2D eigenvalue weighted by Crippen LogP contribution is -2.36. The Morgan fingerprint density at radius 1 is 1.31 bits per heavy atom. The number of nitrogens with zero attached hydrogens (tertiary/aromatic N) is 3. The molecule has 1 saturated heterocycles. The summed E-state index contributed by atoms with van der Waals surface area (Å²) in [7, 11) is 0. The quantitative estimate of drug-likeness (QED) is 0.810. The van der Waals surface area contributed by atoms with Crippen LogP contribution in [0.5, 0.6) is 0 Å². The smallest absolute Gasteiger partial charge is 0.277 e. The van der Waals surface area contributed by atoms with Gasteiger partial charge in [-0.1, -0.05) is 17.1 Å². The Kier molecular flexibility index (Phi) is 4.61. The third-order valence-corrected chi connectivity index (χ3v) is 5.69. The number of aryl methyl sites for hydroxylation is 1. The summed E-state index contributed by atoms with van der Waals surface area (Å²) >= 11 is 0. The van der Waals surface area contributed by atoms with Gasteiger partial charge >= 0.3 is 0 Å². The van der Waals surface area contributed by atoms with Crippen molar-refractivity contribution in [2.24, 2.45) is 11.3 Å². The molecule has 2 aromatic rings. The van der Waals surface area contributed by atoms with Crippen molar-refractivity contribution in [3.8, 4) is 11.8 Å². The number of hydrogen-bond acceptors (Lipinski definition) is 5. The molecule has 7 nitrogen and oxygen atoms in total. The molecule has 1 N–H and O–H groups in total. The van der Waals surface area contributed by atoms with Crippen molar-refractivity contribution in [3.05, 3.63) is 41.2 Å². The maximum atomic E-state index is 12.6. The summed E-state index contributed by atoms with van der Waals surface area (Å²) in [6.45, 7) is 3.85. The highest BCUT2D eigenvalue weighted by atomic mass is 16.7. The zero-order valence-corrected chi connectivity index (χ0v) is 16.5. The average molecular weight is 392 g/mol. The minimum Gasteiger partial charge on any atom is -0.350 e. The lowest BCUT2D eigenvalue weighted by molar-refractivity contribution is -0.213. The summed E-state index contributed by atoms with van der Waals surface area (Å²) in [4.78, 5) is 12.6. The van der Waals surface area contributed by atoms with E-state index in [1.54, 1.807) is 10.9 Å². The second-order valence-corrected chi connectivity index (χ2v) is 8.40. The van der Waals surface area contributed by atoms with Crippen molar-refractivity contribution in [1.82, 2.24) is 15.0 Å². The van der Waals surface area contributed by atoms with Crippen LogP contribution in [0.4, 0.5) is 5.69 Å². The van der Waals surface area contributed by atoms with E-state index in [0.717, 1.165) is 30.0 Å². The molecule has 2 heterocycles. The number of benzene rings is 1. The topological polar surface area (TPSA) is 78.3 Å². The Morgan fingerprint density at radius 2 is 2.10 bits per heavy atom. The Hall–Kier alpha value is -2.69. The number of anilines is 1. The van der Waals surface area contributed by atoms with E-state index in [2.05, 4.69) is 27.5 Å². The van der Waals surface area contributed by atoms with Crippen LogP contribution in [-0.2, 0) is 16.0 Å². The van der Waals surface area contributed by atoms with Gasteiger partial charge in [0.25, 0.3) is 5.91 Å². The van der Waals surface area contributed by atoms with Crippen LogP contribution in [0.2, 0.25) is 0 Å². The summed E-state index contributed by atoms with van der Waals surface area (Å²) in [6, 6.07) is 5.80. The third-order valence-electron chi connectivity index (χ3n) is 5.69. The zero-order chi connectivity index (χ0) is 19.8. The van der Waals surface area contributed by atoms with Crippen molar-refractivity contribution in [1.29, 1.82) is 0 Å². The number of hydrogen-bond donors (Lipinski definition) is 1. The maximum Gasteiger partial charge on any atom is 0.277 e. The number of carbonyl (C=O) groups is 1. The number of nitrogens with one attached hydrogen (secondary N) is 1. The third kappa shape index (κ3) is 4.34. The first kappa shape index (κ1) is 18.3. The Balaban J connectivity index is 1.18. The van der Waals surface area contributed by atoms with E-state index in [9.17, 15) is 4.79 Å². The largest absolute Gasteiger partial charge is 0.350 e. The fraction of sp³-hybridized carbons (Fsp3) is 0.500. The van der Waals surface area contributed by atoms with Crippen LogP contribution in [0.15, 0.2) is 24.4 Å². The van der Waals surface area contributed by atoms with Gasteiger partial charge < -0.3 is 14.8 Å². The van der Waals surface area contributed by atoms with Crippen molar-refractivity contribution in [2.75, 3.05) is 18.5 Å². The highest BCUT2D eigenvalue weighted by Gasteiger charge is 2.47. The molecule has 1 amide bonds. The molecule has 150 valence electrons. The maximum absolute atomic E-state index is 12.6. The average Bonchev–Trinajstić information content (AvgIpc) is 3.64. The van der Waals surface area contributed by atoms with E-state index < -0.39 is 0 Å². The SMILES string of the molecule is Cc1cc(C#CC2CC2)ccc1NC(=O)c1cn(CC2OCC3(CC3)CO2)nn1. The normalized spacial score (nSPS) is 20.2. The van der Waals surface area contributed by atoms with Gasteiger partial charge in [-0.25, -0.2) is 4.68 Å². The second kappa shape index (κ2) is 7.29. The van der Waals surface area contributed by atoms with Gasteiger partial charge in [-0.3, -0.25) is 4.79 Å². The predicted octanol–water partition coefficient (Wildman–Crippen LogP) is 2.75. The van der Waals surface area contributed by atoms with Gasteiger partial charge in [0.2, 0.25) is 0 Å². The van der Waals surface area contributed by atoms with E-state index in [1.807, 2.05) is 25.1 Å². The first-order valence-electron chi connectivity index (χ1n) is 10.2. The van der Waals surface area contributed by atoms with Gasteiger partial charge in [-0.15, -0.1) is 5.10 Å². The standard InChI is InChI=1S/C22H24N4O3/c1-15-10-17(5-4-16-2-3-16)6-7-18(15)23-21(27)19-11-26(25-24-19)12-20-28-13-22(8-9-22)14-29-20/h6-7,10-11,16,20H,2-3,8-9,12-14H2,1H3,(H,23,27). The number of amides is 1. The second-order valence-electron chi connectivity index (χ2n) is 8.40. The van der Waals surface area contributed by atoms with Crippen LogP contribution in [0.25, 0.3) is 0 Å². The molecule has 3 fully saturated rings. The molecular formula is C22H24N4O3. The zero-order valence-electron chi connectivity index (χ0n) is 16.5. The van der Waals surface area contributed by atoms with Crippen LogP contribution in [-0.4, -0.2) is 40.4 Å². The molecule has 1 spiro atoms. The molecule has 2 aliphatic carbocycles. The van der Waals surface area contributed by atoms with Crippen molar-refractivity contribution >= 4 is 11.6 Å². The van der Waals surface area contributed by atoms with Crippen LogP contribution in [0, 0.1) is 30.1 Å². The molecule has 7 heteroatoms. The summed E-state index contributed by atoms with van der Waals surface area (Å²) in [5.41, 5.74) is 3.21. The molecule has 0 unspecified atom stereocenters. The summed E-state index contributed by atoms with van der Waals surface area (Å²) in [5.74, 6) is 6.72. The minimum atomic E-state index is -0.342. The number of ether oxygens (including phenoxy) is 2. The Labute approximate surface area is 169 Å². The van der Waals surface area contributed by atoms with Crippen molar-refractivity contribution in [2.45, 2.75) is 45.4 Å². The van der Waals surface area contributed by atoms with Gasteiger partial charge in [-0.2, -0.15) is 0 Å². The molecule has 0 bridgehead atoms. The van der Waals surface area contributed by atoms with Gasteiger partial charge in [0.05, 0.1) is 26.0 Å². The lowest BCUT2D eigenvalue weighted by Gasteiger charge is -2.29. The van der Waals surface area contributed by atoms with Crippen LogP contribution >= 0.6 is 0 Å². The van der Waals surface area contributed by atoms with E-state index in [0.29, 0.717) is 12.5 Å². The molecule has 1 aromatic carbocycles. The van der Waals surface area contributed by atoms with Crippen LogP contribution in [0.3, 0.4) is 0 Å². The van der Waals surface area contributed by atoms with E-state index in [-0.39, 0.29) is 23.3 Å². The predicted molar refractivity (Wildman–Crippen MR) is 106 cm³/mol. The highest BCUT2D eigenvalue weighted by molar-refractivity contribution is 6.03. The highest BCUT2D eigenvalue weighted by Crippen LogP contribution is 2.48. The summed E-state index contributed by atoms with van der Waals surface area (Å²) in [6.07, 6.45) is 6.06. The molecular weight excluding hydrogens is 368 g/mol. The Morgan fingerprint density at radius 3 is 2.79 bits per heavy atom. The minimum absolute atomic E-state index is 0.261. The van der Waals surface area contributed by atoms with Crippen molar-refractivity contribution < 1.29 is 14.3 Å². The number of aromatic nitrogens is 3. The molecule has 5 rings (SSSR count).